The highest BCUT2D eigenvalue weighted by Crippen LogP contribution is 2.32. The van der Waals surface area contributed by atoms with E-state index in [4.69, 9.17) is 9.15 Å². The summed E-state index contributed by atoms with van der Waals surface area (Å²) in [6, 6.07) is 12.0. The van der Waals surface area contributed by atoms with Crippen LogP contribution in [0, 0.1) is 0 Å². The van der Waals surface area contributed by atoms with Crippen LogP contribution in [0.25, 0.3) is 32.8 Å². The summed E-state index contributed by atoms with van der Waals surface area (Å²) < 4.78 is 12.6. The van der Waals surface area contributed by atoms with Crippen molar-refractivity contribution in [1.29, 1.82) is 0 Å². The SMILES string of the molecule is COc1cc2oc(=O)ccc2c2c1c(=O)c1ccccc1n2C. The molecule has 2 aromatic heterocycles. The van der Waals surface area contributed by atoms with E-state index in [1.807, 2.05) is 29.8 Å². The number of para-hydroxylation sites is 1. The predicted octanol–water partition coefficient (Wildman–Crippen LogP) is 2.81. The molecule has 23 heavy (non-hydrogen) atoms. The molecule has 4 aromatic rings. The molecule has 0 spiro atoms. The summed E-state index contributed by atoms with van der Waals surface area (Å²) in [6.07, 6.45) is 0. The van der Waals surface area contributed by atoms with E-state index >= 15 is 0 Å². The van der Waals surface area contributed by atoms with Crippen LogP contribution in [0.3, 0.4) is 0 Å². The Morgan fingerprint density at radius 1 is 1.04 bits per heavy atom. The van der Waals surface area contributed by atoms with Gasteiger partial charge in [0.25, 0.3) is 0 Å². The van der Waals surface area contributed by atoms with Crippen LogP contribution >= 0.6 is 0 Å². The van der Waals surface area contributed by atoms with Gasteiger partial charge in [0.05, 0.1) is 23.5 Å². The van der Waals surface area contributed by atoms with Gasteiger partial charge in [0, 0.05) is 30.0 Å². The second-order valence-corrected chi connectivity index (χ2v) is 5.37. The number of nitrogens with zero attached hydrogens (tertiary/aromatic N) is 1. The maximum absolute atomic E-state index is 12.9. The molecule has 0 saturated heterocycles. The molecule has 0 N–H and O–H groups in total. The van der Waals surface area contributed by atoms with E-state index in [-0.39, 0.29) is 5.43 Å². The van der Waals surface area contributed by atoms with E-state index in [9.17, 15) is 9.59 Å². The van der Waals surface area contributed by atoms with Crippen LogP contribution in [-0.4, -0.2) is 11.7 Å². The van der Waals surface area contributed by atoms with Crippen molar-refractivity contribution in [2.45, 2.75) is 0 Å². The Balaban J connectivity index is 2.43. The number of hydrogen-bond donors (Lipinski definition) is 0. The topological polar surface area (TPSA) is 61.4 Å². The Morgan fingerprint density at radius 3 is 2.61 bits per heavy atom. The van der Waals surface area contributed by atoms with E-state index in [1.165, 1.54) is 13.2 Å². The lowest BCUT2D eigenvalue weighted by molar-refractivity contribution is 0.418. The van der Waals surface area contributed by atoms with Gasteiger partial charge in [0.1, 0.15) is 11.3 Å². The van der Waals surface area contributed by atoms with Gasteiger partial charge in [-0.3, -0.25) is 4.79 Å². The van der Waals surface area contributed by atoms with E-state index in [0.717, 1.165) is 5.52 Å². The summed E-state index contributed by atoms with van der Waals surface area (Å²) in [5, 5.41) is 1.80. The van der Waals surface area contributed by atoms with Gasteiger partial charge >= 0.3 is 5.63 Å². The number of methoxy groups -OCH3 is 1. The third-order valence-corrected chi connectivity index (χ3v) is 4.16. The molecule has 2 aromatic carbocycles. The van der Waals surface area contributed by atoms with Crippen molar-refractivity contribution in [1.82, 2.24) is 4.57 Å². The molecule has 0 aliphatic heterocycles. The Kier molecular flexibility index (Phi) is 2.78. The Morgan fingerprint density at radius 2 is 1.83 bits per heavy atom. The molecular weight excluding hydrogens is 294 g/mol. The van der Waals surface area contributed by atoms with Gasteiger partial charge in [-0.25, -0.2) is 4.79 Å². The number of hydrogen-bond acceptors (Lipinski definition) is 4. The van der Waals surface area contributed by atoms with Crippen LogP contribution in [0.5, 0.6) is 5.75 Å². The van der Waals surface area contributed by atoms with Crippen LogP contribution in [0.2, 0.25) is 0 Å². The van der Waals surface area contributed by atoms with Crippen LogP contribution in [-0.2, 0) is 7.05 Å². The minimum Gasteiger partial charge on any atom is -0.496 e. The molecule has 0 saturated carbocycles. The fourth-order valence-electron chi connectivity index (χ4n) is 3.12. The molecule has 5 nitrogen and oxygen atoms in total. The highest BCUT2D eigenvalue weighted by atomic mass is 16.5. The van der Waals surface area contributed by atoms with E-state index in [2.05, 4.69) is 0 Å². The van der Waals surface area contributed by atoms with Crippen molar-refractivity contribution in [3.63, 3.8) is 0 Å². The number of benzene rings is 2. The van der Waals surface area contributed by atoms with E-state index in [0.29, 0.717) is 33.0 Å². The zero-order valence-corrected chi connectivity index (χ0v) is 12.6. The van der Waals surface area contributed by atoms with Crippen molar-refractivity contribution in [3.05, 3.63) is 63.1 Å². The maximum Gasteiger partial charge on any atom is 0.336 e. The van der Waals surface area contributed by atoms with Gasteiger partial charge < -0.3 is 13.7 Å². The molecule has 2 heterocycles. The molecule has 0 aliphatic carbocycles. The summed E-state index contributed by atoms with van der Waals surface area (Å²) >= 11 is 0. The van der Waals surface area contributed by atoms with E-state index in [1.54, 1.807) is 18.2 Å². The van der Waals surface area contributed by atoms with Crippen LogP contribution in [0.4, 0.5) is 0 Å². The van der Waals surface area contributed by atoms with Crippen molar-refractivity contribution >= 4 is 32.8 Å². The molecule has 5 heteroatoms. The summed E-state index contributed by atoms with van der Waals surface area (Å²) in [4.78, 5) is 24.5. The molecule has 0 fully saturated rings. The first-order valence-electron chi connectivity index (χ1n) is 7.14. The Hall–Kier alpha value is -3.08. The number of rotatable bonds is 1. The summed E-state index contributed by atoms with van der Waals surface area (Å²) in [7, 11) is 3.38. The number of pyridine rings is 1. The van der Waals surface area contributed by atoms with Gasteiger partial charge in [0.15, 0.2) is 0 Å². The molecule has 0 atom stereocenters. The van der Waals surface area contributed by atoms with Gasteiger partial charge in [-0.15, -0.1) is 0 Å². The molecule has 0 bridgehead atoms. The Bertz CT molecular complexity index is 1200. The van der Waals surface area contributed by atoms with Crippen LogP contribution in [0.15, 0.2) is 56.5 Å². The lowest BCUT2D eigenvalue weighted by Crippen LogP contribution is -2.11. The minimum atomic E-state index is -0.440. The van der Waals surface area contributed by atoms with Gasteiger partial charge in [-0.1, -0.05) is 12.1 Å². The predicted molar refractivity (Wildman–Crippen MR) is 89.3 cm³/mol. The smallest absolute Gasteiger partial charge is 0.336 e. The Labute approximate surface area is 130 Å². The zero-order valence-electron chi connectivity index (χ0n) is 12.6. The normalized spacial score (nSPS) is 11.4. The van der Waals surface area contributed by atoms with Crippen molar-refractivity contribution in [3.8, 4) is 5.75 Å². The van der Waals surface area contributed by atoms with Crippen LogP contribution in [0.1, 0.15) is 0 Å². The second-order valence-electron chi connectivity index (χ2n) is 5.37. The average Bonchev–Trinajstić information content (AvgIpc) is 2.57. The lowest BCUT2D eigenvalue weighted by atomic mass is 10.1. The first-order valence-corrected chi connectivity index (χ1v) is 7.14. The van der Waals surface area contributed by atoms with Crippen molar-refractivity contribution in [2.75, 3.05) is 7.11 Å². The third-order valence-electron chi connectivity index (χ3n) is 4.16. The summed E-state index contributed by atoms with van der Waals surface area (Å²) in [5.41, 5.74) is 1.35. The number of fused-ring (bicyclic) bond motifs is 4. The fraction of sp³-hybridized carbons (Fsp3) is 0.111. The highest BCUT2D eigenvalue weighted by Gasteiger charge is 2.17. The molecule has 0 unspecified atom stereocenters. The van der Waals surface area contributed by atoms with E-state index < -0.39 is 5.63 Å². The fourth-order valence-corrected chi connectivity index (χ4v) is 3.12. The number of ether oxygens (including phenoxy) is 1. The molecule has 4 rings (SSSR count). The highest BCUT2D eigenvalue weighted by molar-refractivity contribution is 6.10. The van der Waals surface area contributed by atoms with Crippen LogP contribution < -0.4 is 15.8 Å². The van der Waals surface area contributed by atoms with Crippen molar-refractivity contribution < 1.29 is 9.15 Å². The molecule has 0 radical (unpaired) electrons. The number of aromatic nitrogens is 1. The van der Waals surface area contributed by atoms with Crippen molar-refractivity contribution in [2.24, 2.45) is 7.05 Å². The summed E-state index contributed by atoms with van der Waals surface area (Å²) in [6.45, 7) is 0. The molecule has 114 valence electrons. The average molecular weight is 307 g/mol. The van der Waals surface area contributed by atoms with Gasteiger partial charge in [0.2, 0.25) is 5.43 Å². The quantitative estimate of drug-likeness (QED) is 0.308. The first kappa shape index (κ1) is 13.6. The monoisotopic (exact) mass is 307 g/mol. The lowest BCUT2D eigenvalue weighted by Gasteiger charge is -2.14. The molecule has 0 aliphatic rings. The minimum absolute atomic E-state index is 0.0985. The third kappa shape index (κ3) is 1.80. The molecule has 0 amide bonds. The zero-order chi connectivity index (χ0) is 16.1. The maximum atomic E-state index is 12.9. The summed E-state index contributed by atoms with van der Waals surface area (Å²) in [5.74, 6) is 0.396. The standard InChI is InChI=1S/C18H13NO4/c1-19-12-6-4-3-5-10(12)18(21)16-14(22-2)9-13-11(17(16)19)7-8-15(20)23-13/h3-9H,1-2H3. The number of aryl methyl sites for hydroxylation is 1. The largest absolute Gasteiger partial charge is 0.496 e. The van der Waals surface area contributed by atoms with Gasteiger partial charge in [-0.05, 0) is 18.2 Å². The first-order chi connectivity index (χ1) is 11.1. The molecular formula is C18H13NO4. The van der Waals surface area contributed by atoms with Gasteiger partial charge in [-0.2, -0.15) is 0 Å². The second kappa shape index (κ2) is 4.71.